The zero-order valence-corrected chi connectivity index (χ0v) is 21.2. The number of aromatic nitrogens is 1. The minimum atomic E-state index is -5.08. The van der Waals surface area contributed by atoms with E-state index in [1.54, 1.807) is 6.20 Å². The number of aliphatic carboxylic acids is 1. The van der Waals surface area contributed by atoms with E-state index in [4.69, 9.17) is 9.90 Å². The van der Waals surface area contributed by atoms with E-state index in [1.165, 1.54) is 31.5 Å². The number of alkyl halides is 3. The molecule has 1 aliphatic rings. The Balaban J connectivity index is 0.000000572. The van der Waals surface area contributed by atoms with Crippen molar-refractivity contribution in [1.82, 2.24) is 20.1 Å². The molecule has 1 aromatic carbocycles. The number of likely N-dealkylation sites (tertiary alicyclic amines) is 1. The lowest BCUT2D eigenvalue weighted by atomic mass is 10.0. The first kappa shape index (κ1) is 29.3. The van der Waals surface area contributed by atoms with Crippen LogP contribution in [0.15, 0.2) is 42.7 Å². The molecule has 10 heteroatoms. The summed E-state index contributed by atoms with van der Waals surface area (Å²) in [6, 6.07) is 11.2. The molecule has 2 aromatic rings. The number of carbonyl (C=O) groups excluding carboxylic acids is 1. The SMILES string of the molecule is CC(C)CNC(=O)c1cncc(-c2ccc(CN(C)C3CCN(C)CC3)cc2)c1.O=C(O)C(F)(F)F. The Hall–Kier alpha value is -2.98. The summed E-state index contributed by atoms with van der Waals surface area (Å²) in [6.45, 7) is 8.17. The molecule has 1 aliphatic heterocycles. The lowest BCUT2D eigenvalue weighted by Gasteiger charge is -2.35. The molecule has 36 heavy (non-hydrogen) atoms. The second-order valence-electron chi connectivity index (χ2n) is 9.52. The van der Waals surface area contributed by atoms with Crippen LogP contribution >= 0.6 is 0 Å². The van der Waals surface area contributed by atoms with E-state index in [0.717, 1.165) is 17.7 Å². The fourth-order valence-electron chi connectivity index (χ4n) is 3.78. The third-order valence-corrected chi connectivity index (χ3v) is 5.94. The summed E-state index contributed by atoms with van der Waals surface area (Å²) in [6.07, 6.45) is 0.841. The van der Waals surface area contributed by atoms with Gasteiger partial charge in [-0.1, -0.05) is 38.1 Å². The molecule has 0 spiro atoms. The average Bonchev–Trinajstić information content (AvgIpc) is 2.83. The lowest BCUT2D eigenvalue weighted by molar-refractivity contribution is -0.192. The molecule has 1 aromatic heterocycles. The highest BCUT2D eigenvalue weighted by molar-refractivity contribution is 5.95. The molecule has 0 saturated carbocycles. The summed E-state index contributed by atoms with van der Waals surface area (Å²) in [5.74, 6) is -2.40. The average molecular weight is 509 g/mol. The van der Waals surface area contributed by atoms with Crippen LogP contribution in [0.5, 0.6) is 0 Å². The van der Waals surface area contributed by atoms with Gasteiger partial charge in [0.15, 0.2) is 0 Å². The molecule has 1 fully saturated rings. The first-order chi connectivity index (χ1) is 16.9. The third kappa shape index (κ3) is 9.58. The molecular formula is C26H35F3N4O3. The van der Waals surface area contributed by atoms with Crippen molar-refractivity contribution < 1.29 is 27.9 Å². The van der Waals surface area contributed by atoms with Crippen LogP contribution in [0.25, 0.3) is 11.1 Å². The molecule has 0 bridgehead atoms. The Labute approximate surface area is 210 Å². The van der Waals surface area contributed by atoms with Gasteiger partial charge in [0.1, 0.15) is 0 Å². The second kappa shape index (κ2) is 13.4. The van der Waals surface area contributed by atoms with E-state index in [2.05, 4.69) is 72.3 Å². The molecular weight excluding hydrogens is 473 g/mol. The van der Waals surface area contributed by atoms with Crippen LogP contribution in [0, 0.1) is 5.92 Å². The Morgan fingerprint density at radius 2 is 1.72 bits per heavy atom. The number of carboxylic acid groups (broad SMARTS) is 1. The highest BCUT2D eigenvalue weighted by Gasteiger charge is 2.38. The molecule has 2 N–H and O–H groups in total. The maximum atomic E-state index is 12.3. The first-order valence-corrected chi connectivity index (χ1v) is 11.9. The molecule has 2 heterocycles. The number of benzene rings is 1. The Morgan fingerprint density at radius 1 is 1.14 bits per heavy atom. The van der Waals surface area contributed by atoms with E-state index in [-0.39, 0.29) is 5.91 Å². The van der Waals surface area contributed by atoms with Gasteiger partial charge in [0, 0.05) is 37.1 Å². The second-order valence-corrected chi connectivity index (χ2v) is 9.52. The molecule has 0 atom stereocenters. The number of nitrogens with zero attached hydrogens (tertiary/aromatic N) is 3. The number of pyridine rings is 1. The van der Waals surface area contributed by atoms with E-state index in [0.29, 0.717) is 24.1 Å². The van der Waals surface area contributed by atoms with Gasteiger partial charge in [0.05, 0.1) is 5.56 Å². The first-order valence-electron chi connectivity index (χ1n) is 11.9. The van der Waals surface area contributed by atoms with Gasteiger partial charge in [-0.15, -0.1) is 0 Å². The van der Waals surface area contributed by atoms with E-state index >= 15 is 0 Å². The summed E-state index contributed by atoms with van der Waals surface area (Å²) >= 11 is 0. The van der Waals surface area contributed by atoms with Crippen LogP contribution in [0.1, 0.15) is 42.6 Å². The highest BCUT2D eigenvalue weighted by Crippen LogP contribution is 2.22. The summed E-state index contributed by atoms with van der Waals surface area (Å²) in [5.41, 5.74) is 3.97. The van der Waals surface area contributed by atoms with Crippen molar-refractivity contribution >= 4 is 11.9 Å². The minimum Gasteiger partial charge on any atom is -0.475 e. The number of carbonyl (C=O) groups is 2. The monoisotopic (exact) mass is 508 g/mol. The van der Waals surface area contributed by atoms with E-state index in [9.17, 15) is 18.0 Å². The standard InChI is InChI=1S/C24H34N4O.C2HF3O2/c1-18(2)14-26-24(29)22-13-21(15-25-16-22)20-7-5-19(6-8-20)17-28(4)23-9-11-27(3)12-10-23;3-2(4,5)1(6)7/h5-8,13,15-16,18,23H,9-12,14,17H2,1-4H3,(H,26,29);(H,6,7). The van der Waals surface area contributed by atoms with Gasteiger partial charge >= 0.3 is 12.1 Å². The normalized spacial score (nSPS) is 14.9. The lowest BCUT2D eigenvalue weighted by Crippen LogP contribution is -2.41. The predicted molar refractivity (Wildman–Crippen MR) is 133 cm³/mol. The number of rotatable bonds is 7. The summed E-state index contributed by atoms with van der Waals surface area (Å²) in [5, 5.41) is 10.1. The zero-order chi connectivity index (χ0) is 26.9. The molecule has 1 amide bonds. The molecule has 0 unspecified atom stereocenters. The van der Waals surface area contributed by atoms with Gasteiger partial charge in [0.25, 0.3) is 5.91 Å². The van der Waals surface area contributed by atoms with Crippen molar-refractivity contribution in [2.45, 2.75) is 45.5 Å². The van der Waals surface area contributed by atoms with Crippen molar-refractivity contribution in [3.05, 3.63) is 53.9 Å². The van der Waals surface area contributed by atoms with Crippen molar-refractivity contribution in [3.63, 3.8) is 0 Å². The van der Waals surface area contributed by atoms with Gasteiger partial charge in [0.2, 0.25) is 0 Å². The van der Waals surface area contributed by atoms with Crippen LogP contribution in [-0.4, -0.2) is 77.7 Å². The van der Waals surface area contributed by atoms with Crippen molar-refractivity contribution in [2.75, 3.05) is 33.7 Å². The molecule has 1 saturated heterocycles. The molecule has 0 radical (unpaired) electrons. The van der Waals surface area contributed by atoms with E-state index in [1.807, 2.05) is 12.3 Å². The van der Waals surface area contributed by atoms with Gasteiger partial charge in [-0.25, -0.2) is 4.79 Å². The Morgan fingerprint density at radius 3 is 2.25 bits per heavy atom. The number of hydrogen-bond donors (Lipinski definition) is 2. The highest BCUT2D eigenvalue weighted by atomic mass is 19.4. The van der Waals surface area contributed by atoms with Crippen LogP contribution < -0.4 is 5.32 Å². The van der Waals surface area contributed by atoms with Gasteiger partial charge in [-0.3, -0.25) is 14.7 Å². The molecule has 0 aliphatic carbocycles. The zero-order valence-electron chi connectivity index (χ0n) is 21.2. The largest absolute Gasteiger partial charge is 0.490 e. The Kier molecular flexibility index (Phi) is 10.9. The summed E-state index contributed by atoms with van der Waals surface area (Å²) < 4.78 is 31.7. The van der Waals surface area contributed by atoms with Crippen molar-refractivity contribution in [3.8, 4) is 11.1 Å². The quantitative estimate of drug-likeness (QED) is 0.580. The molecule has 7 nitrogen and oxygen atoms in total. The van der Waals surface area contributed by atoms with Crippen LogP contribution in [-0.2, 0) is 11.3 Å². The topological polar surface area (TPSA) is 85.8 Å². The third-order valence-electron chi connectivity index (χ3n) is 5.94. The van der Waals surface area contributed by atoms with Crippen molar-refractivity contribution in [2.24, 2.45) is 5.92 Å². The summed E-state index contributed by atoms with van der Waals surface area (Å²) in [7, 11) is 4.43. The smallest absolute Gasteiger partial charge is 0.475 e. The predicted octanol–water partition coefficient (Wildman–Crippen LogP) is 4.29. The fraction of sp³-hybridized carbons (Fsp3) is 0.500. The van der Waals surface area contributed by atoms with Gasteiger partial charge in [-0.2, -0.15) is 13.2 Å². The number of amides is 1. The van der Waals surface area contributed by atoms with E-state index < -0.39 is 12.1 Å². The molecule has 198 valence electrons. The number of nitrogens with one attached hydrogen (secondary N) is 1. The van der Waals surface area contributed by atoms with Crippen LogP contribution in [0.3, 0.4) is 0 Å². The minimum absolute atomic E-state index is 0.0654. The maximum Gasteiger partial charge on any atom is 0.490 e. The van der Waals surface area contributed by atoms with Gasteiger partial charge < -0.3 is 15.3 Å². The molecule has 3 rings (SSSR count). The van der Waals surface area contributed by atoms with Crippen LogP contribution in [0.2, 0.25) is 0 Å². The van der Waals surface area contributed by atoms with Crippen molar-refractivity contribution in [1.29, 1.82) is 0 Å². The Bertz CT molecular complexity index is 989. The fourth-order valence-corrected chi connectivity index (χ4v) is 3.78. The maximum absolute atomic E-state index is 12.3. The van der Waals surface area contributed by atoms with Crippen LogP contribution in [0.4, 0.5) is 13.2 Å². The number of hydrogen-bond acceptors (Lipinski definition) is 5. The number of carboxylic acids is 1. The summed E-state index contributed by atoms with van der Waals surface area (Å²) in [4.78, 5) is 30.4. The van der Waals surface area contributed by atoms with Gasteiger partial charge in [-0.05, 0) is 63.1 Å². The number of halogens is 3. The number of piperidine rings is 1.